The average molecular weight is 395 g/mol. The van der Waals surface area contributed by atoms with Crippen molar-refractivity contribution in [2.45, 2.75) is 12.0 Å². The van der Waals surface area contributed by atoms with E-state index in [4.69, 9.17) is 21.1 Å². The summed E-state index contributed by atoms with van der Waals surface area (Å²) in [7, 11) is -4.05. The maximum atomic E-state index is 12.1. The zero-order chi connectivity index (χ0) is 15.8. The van der Waals surface area contributed by atoms with E-state index in [9.17, 15) is 13.2 Å². The van der Waals surface area contributed by atoms with E-state index in [1.165, 1.54) is 6.07 Å². The van der Waals surface area contributed by atoms with E-state index in [1.807, 2.05) is 0 Å². The highest BCUT2D eigenvalue weighted by Crippen LogP contribution is 2.31. The molecule has 1 aromatic heterocycles. The fourth-order valence-electron chi connectivity index (χ4n) is 1.50. The lowest BCUT2D eigenvalue weighted by Crippen LogP contribution is -2.12. The number of carboxylic acid groups (broad SMARTS) is 1. The van der Waals surface area contributed by atoms with Crippen molar-refractivity contribution in [2.24, 2.45) is 0 Å². The Balaban J connectivity index is 2.37. The topological polar surface area (TPSA) is 96.6 Å². The van der Waals surface area contributed by atoms with Crippen LogP contribution in [0.3, 0.4) is 0 Å². The van der Waals surface area contributed by atoms with Crippen molar-refractivity contribution >= 4 is 49.2 Å². The van der Waals surface area contributed by atoms with E-state index in [2.05, 4.69) is 20.7 Å². The summed E-state index contributed by atoms with van der Waals surface area (Å²) in [5.74, 6) is -1.81. The Morgan fingerprint density at radius 2 is 2.05 bits per heavy atom. The van der Waals surface area contributed by atoms with Gasteiger partial charge in [0.2, 0.25) is 10.9 Å². The van der Waals surface area contributed by atoms with Crippen molar-refractivity contribution in [3.8, 4) is 0 Å². The number of anilines is 1. The molecule has 2 N–H and O–H groups in total. The summed E-state index contributed by atoms with van der Waals surface area (Å²) in [6.45, 7) is 1.77. The minimum absolute atomic E-state index is 0.221. The second-order valence-electron chi connectivity index (χ2n) is 4.11. The molecule has 0 atom stereocenters. The number of sulfonamides is 1. The number of aromatic carboxylic acids is 1. The Morgan fingerprint density at radius 1 is 1.38 bits per heavy atom. The minimum Gasteiger partial charge on any atom is -0.475 e. The molecule has 0 amide bonds. The van der Waals surface area contributed by atoms with Crippen LogP contribution >= 0.6 is 27.5 Å². The molecule has 21 heavy (non-hydrogen) atoms. The first kappa shape index (κ1) is 15.9. The van der Waals surface area contributed by atoms with E-state index < -0.39 is 26.8 Å². The normalized spacial score (nSPS) is 11.4. The number of nitrogens with one attached hydrogen (secondary N) is 1. The van der Waals surface area contributed by atoms with E-state index in [1.54, 1.807) is 13.0 Å². The van der Waals surface area contributed by atoms with E-state index >= 15 is 0 Å². The first-order valence-electron chi connectivity index (χ1n) is 5.52. The predicted octanol–water partition coefficient (Wildman–Crippen LogP) is 3.50. The summed E-state index contributed by atoms with van der Waals surface area (Å²) in [4.78, 5) is 10.7. The van der Waals surface area contributed by atoms with Gasteiger partial charge in [-0.15, -0.1) is 0 Å². The molecule has 0 bridgehead atoms. The summed E-state index contributed by atoms with van der Waals surface area (Å²) in [6, 6.07) is 5.23. The quantitative estimate of drug-likeness (QED) is 0.827. The molecule has 0 unspecified atom stereocenters. The Labute approximate surface area is 133 Å². The molecule has 0 saturated heterocycles. The van der Waals surface area contributed by atoms with Gasteiger partial charge >= 0.3 is 5.97 Å². The molecular weight excluding hydrogens is 386 g/mol. The van der Waals surface area contributed by atoms with Gasteiger partial charge in [-0.25, -0.2) is 4.79 Å². The van der Waals surface area contributed by atoms with Gasteiger partial charge in [-0.05, 0) is 52.7 Å². The van der Waals surface area contributed by atoms with Crippen LogP contribution in [0.4, 0.5) is 5.69 Å². The Kier molecular flexibility index (Phi) is 4.31. The van der Waals surface area contributed by atoms with Crippen LogP contribution in [0.1, 0.15) is 16.1 Å². The number of hydrogen-bond donors (Lipinski definition) is 2. The third-order valence-electron chi connectivity index (χ3n) is 2.55. The molecule has 6 nitrogen and oxygen atoms in total. The summed E-state index contributed by atoms with van der Waals surface area (Å²) >= 11 is 9.17. The van der Waals surface area contributed by atoms with Gasteiger partial charge in [0.25, 0.3) is 10.0 Å². The SMILES string of the molecule is Cc1cc(Br)c(NS(=O)(=O)c2ccc(C(=O)O)o2)cc1Cl. The van der Waals surface area contributed by atoms with Gasteiger partial charge in [0, 0.05) is 9.50 Å². The molecule has 0 aliphatic rings. The molecule has 0 aliphatic heterocycles. The zero-order valence-electron chi connectivity index (χ0n) is 10.6. The van der Waals surface area contributed by atoms with Crippen LogP contribution in [0, 0.1) is 6.92 Å². The van der Waals surface area contributed by atoms with Crippen molar-refractivity contribution in [1.29, 1.82) is 0 Å². The molecule has 2 rings (SSSR count). The van der Waals surface area contributed by atoms with Crippen LogP contribution in [-0.2, 0) is 10.0 Å². The second kappa shape index (κ2) is 5.70. The number of hydrogen-bond acceptors (Lipinski definition) is 4. The van der Waals surface area contributed by atoms with Crippen LogP contribution in [-0.4, -0.2) is 19.5 Å². The number of aryl methyl sites for hydroxylation is 1. The van der Waals surface area contributed by atoms with Crippen LogP contribution in [0.25, 0.3) is 0 Å². The van der Waals surface area contributed by atoms with Crippen LogP contribution < -0.4 is 4.72 Å². The van der Waals surface area contributed by atoms with Gasteiger partial charge in [0.15, 0.2) is 0 Å². The standard InChI is InChI=1S/C12H9BrClNO5S/c1-6-4-7(13)9(5-8(6)14)15-21(18,19)11-3-2-10(20-11)12(16)17/h2-5,15H,1H3,(H,16,17). The van der Waals surface area contributed by atoms with Gasteiger partial charge in [0.05, 0.1) is 5.69 Å². The molecular formula is C12H9BrClNO5S. The van der Waals surface area contributed by atoms with Crippen molar-refractivity contribution < 1.29 is 22.7 Å². The zero-order valence-corrected chi connectivity index (χ0v) is 13.7. The minimum atomic E-state index is -4.05. The highest BCUT2D eigenvalue weighted by atomic mass is 79.9. The molecule has 0 saturated carbocycles. The number of benzene rings is 1. The number of carboxylic acids is 1. The predicted molar refractivity (Wildman–Crippen MR) is 80.4 cm³/mol. The largest absolute Gasteiger partial charge is 0.475 e. The van der Waals surface area contributed by atoms with Crippen molar-refractivity contribution in [3.05, 3.63) is 45.1 Å². The lowest BCUT2D eigenvalue weighted by Gasteiger charge is -2.09. The van der Waals surface area contributed by atoms with Gasteiger partial charge in [-0.2, -0.15) is 8.42 Å². The Morgan fingerprint density at radius 3 is 2.62 bits per heavy atom. The monoisotopic (exact) mass is 393 g/mol. The highest BCUT2D eigenvalue weighted by Gasteiger charge is 2.22. The van der Waals surface area contributed by atoms with Gasteiger partial charge < -0.3 is 9.52 Å². The first-order valence-corrected chi connectivity index (χ1v) is 8.18. The molecule has 1 aromatic carbocycles. The van der Waals surface area contributed by atoms with Crippen LogP contribution in [0.15, 0.2) is 38.2 Å². The molecule has 0 radical (unpaired) electrons. The fraction of sp³-hybridized carbons (Fsp3) is 0.0833. The van der Waals surface area contributed by atoms with Gasteiger partial charge in [-0.1, -0.05) is 11.6 Å². The Hall–Kier alpha value is -1.51. The maximum Gasteiger partial charge on any atom is 0.371 e. The molecule has 0 fully saturated rings. The van der Waals surface area contributed by atoms with Gasteiger partial charge in [0.1, 0.15) is 0 Å². The Bertz CT molecular complexity index is 815. The van der Waals surface area contributed by atoms with Crippen LogP contribution in [0.2, 0.25) is 5.02 Å². The third-order valence-corrected chi connectivity index (χ3v) is 4.85. The third kappa shape index (κ3) is 3.39. The van der Waals surface area contributed by atoms with E-state index in [-0.39, 0.29) is 5.69 Å². The number of halogens is 2. The summed E-state index contributed by atoms with van der Waals surface area (Å²) < 4.78 is 31.8. The fourth-order valence-corrected chi connectivity index (χ4v) is 3.36. The number of carbonyl (C=O) groups is 1. The van der Waals surface area contributed by atoms with Crippen LogP contribution in [0.5, 0.6) is 0 Å². The van der Waals surface area contributed by atoms with Crippen molar-refractivity contribution in [2.75, 3.05) is 4.72 Å². The number of furan rings is 1. The smallest absolute Gasteiger partial charge is 0.371 e. The average Bonchev–Trinajstić information content (AvgIpc) is 2.86. The molecule has 0 aliphatic carbocycles. The lowest BCUT2D eigenvalue weighted by molar-refractivity contribution is 0.0656. The summed E-state index contributed by atoms with van der Waals surface area (Å²) in [6.07, 6.45) is 0. The van der Waals surface area contributed by atoms with E-state index in [0.29, 0.717) is 9.50 Å². The molecule has 0 spiro atoms. The molecule has 1 heterocycles. The molecule has 112 valence electrons. The van der Waals surface area contributed by atoms with E-state index in [0.717, 1.165) is 17.7 Å². The highest BCUT2D eigenvalue weighted by molar-refractivity contribution is 9.10. The lowest BCUT2D eigenvalue weighted by atomic mass is 10.2. The summed E-state index contributed by atoms with van der Waals surface area (Å²) in [5.41, 5.74) is 0.997. The van der Waals surface area contributed by atoms with Crippen molar-refractivity contribution in [1.82, 2.24) is 0 Å². The second-order valence-corrected chi connectivity index (χ2v) is 6.99. The van der Waals surface area contributed by atoms with Crippen molar-refractivity contribution in [3.63, 3.8) is 0 Å². The maximum absolute atomic E-state index is 12.1. The first-order chi connectivity index (χ1) is 9.70. The molecule has 9 heteroatoms. The number of rotatable bonds is 4. The summed E-state index contributed by atoms with van der Waals surface area (Å²) in [5, 5.41) is 8.62. The van der Waals surface area contributed by atoms with Gasteiger partial charge in [-0.3, -0.25) is 4.72 Å². The molecule has 2 aromatic rings.